The molecule has 1 aliphatic rings. The molecule has 0 saturated carbocycles. The molecule has 3 aromatic rings. The van der Waals surface area contributed by atoms with Crippen molar-refractivity contribution in [3.63, 3.8) is 0 Å². The highest BCUT2D eigenvalue weighted by Gasteiger charge is 2.33. The van der Waals surface area contributed by atoms with Crippen LogP contribution in [0, 0.1) is 18.6 Å². The number of aryl methyl sites for hydroxylation is 1. The van der Waals surface area contributed by atoms with Crippen LogP contribution < -0.4 is 5.32 Å². The molecular weight excluding hydrogens is 438 g/mol. The number of halogens is 2. The molecule has 0 fully saturated rings. The Hall–Kier alpha value is -3.68. The number of urea groups is 1. The fourth-order valence-corrected chi connectivity index (χ4v) is 4.30. The number of nitrogens with one attached hydrogen (secondary N) is 1. The van der Waals surface area contributed by atoms with Crippen molar-refractivity contribution in [2.45, 2.75) is 32.9 Å². The number of fused-ring (bicyclic) bond motifs is 1. The van der Waals surface area contributed by atoms with Crippen molar-refractivity contribution in [1.82, 2.24) is 14.4 Å². The van der Waals surface area contributed by atoms with Crippen molar-refractivity contribution in [3.8, 4) is 0 Å². The molecule has 2 heterocycles. The third kappa shape index (κ3) is 4.95. The van der Waals surface area contributed by atoms with Crippen LogP contribution in [-0.4, -0.2) is 45.9 Å². The molecule has 1 N–H and O–H groups in total. The number of nitrogens with zero attached hydrogens (tertiary/aromatic N) is 3. The van der Waals surface area contributed by atoms with E-state index in [4.69, 9.17) is 0 Å². The highest BCUT2D eigenvalue weighted by Crippen LogP contribution is 2.32. The van der Waals surface area contributed by atoms with Crippen LogP contribution in [0.4, 0.5) is 19.3 Å². The Morgan fingerprint density at radius 3 is 2.53 bits per heavy atom. The van der Waals surface area contributed by atoms with E-state index in [0.717, 1.165) is 29.0 Å². The fourth-order valence-electron chi connectivity index (χ4n) is 4.30. The van der Waals surface area contributed by atoms with Gasteiger partial charge in [0.25, 0.3) is 0 Å². The molecule has 0 radical (unpaired) electrons. The molecule has 1 aromatic heterocycles. The molecule has 2 aromatic carbocycles. The number of carbonyl (C=O) groups excluding carboxylic acids is 2. The summed E-state index contributed by atoms with van der Waals surface area (Å²) >= 11 is 0. The van der Waals surface area contributed by atoms with E-state index in [1.165, 1.54) is 11.0 Å². The third-order valence-corrected chi connectivity index (χ3v) is 6.03. The van der Waals surface area contributed by atoms with Gasteiger partial charge in [-0.3, -0.25) is 4.79 Å². The van der Waals surface area contributed by atoms with E-state index in [0.29, 0.717) is 26.1 Å². The molecular formula is C26H28F2N4O2. The second-order valence-electron chi connectivity index (χ2n) is 8.51. The Balaban J connectivity index is 1.54. The van der Waals surface area contributed by atoms with Crippen molar-refractivity contribution in [2.75, 3.05) is 25.0 Å². The van der Waals surface area contributed by atoms with Crippen molar-refractivity contribution >= 4 is 17.6 Å². The number of benzene rings is 2. The molecule has 1 atom stereocenters. The maximum atomic E-state index is 13.6. The summed E-state index contributed by atoms with van der Waals surface area (Å²) in [6.45, 7) is 5.35. The Kier molecular flexibility index (Phi) is 6.95. The summed E-state index contributed by atoms with van der Waals surface area (Å²) in [5, 5.41) is 2.57. The van der Waals surface area contributed by atoms with Crippen molar-refractivity contribution in [3.05, 3.63) is 89.2 Å². The van der Waals surface area contributed by atoms with E-state index < -0.39 is 17.7 Å². The van der Waals surface area contributed by atoms with Crippen LogP contribution in [0.1, 0.15) is 36.2 Å². The Bertz CT molecular complexity index is 1180. The van der Waals surface area contributed by atoms with Crippen LogP contribution >= 0.6 is 0 Å². The fraction of sp³-hybridized carbons (Fsp3) is 0.308. The highest BCUT2D eigenvalue weighted by atomic mass is 19.2. The van der Waals surface area contributed by atoms with E-state index in [1.54, 1.807) is 0 Å². The van der Waals surface area contributed by atoms with Gasteiger partial charge in [0, 0.05) is 43.3 Å². The molecule has 8 heteroatoms. The summed E-state index contributed by atoms with van der Waals surface area (Å²) < 4.78 is 28.9. The predicted molar refractivity (Wildman–Crippen MR) is 126 cm³/mol. The third-order valence-electron chi connectivity index (χ3n) is 6.03. The van der Waals surface area contributed by atoms with E-state index >= 15 is 0 Å². The first-order valence-electron chi connectivity index (χ1n) is 11.4. The number of aromatic nitrogens is 1. The first-order valence-corrected chi connectivity index (χ1v) is 11.4. The average molecular weight is 467 g/mol. The molecule has 4 rings (SSSR count). The molecule has 0 unspecified atom stereocenters. The number of hydrogen-bond acceptors (Lipinski definition) is 2. The smallest absolute Gasteiger partial charge is 0.322 e. The lowest BCUT2D eigenvalue weighted by Gasteiger charge is -2.38. The SMILES string of the molecule is CCCN(CC(=O)N1CCn2cccc2[C@H]1c1ccc(C)cc1)C(=O)Nc1ccc(F)c(F)c1. The van der Waals surface area contributed by atoms with Crippen LogP contribution in [0.3, 0.4) is 0 Å². The minimum absolute atomic E-state index is 0.119. The van der Waals surface area contributed by atoms with Gasteiger partial charge in [-0.25, -0.2) is 13.6 Å². The summed E-state index contributed by atoms with van der Waals surface area (Å²) in [6.07, 6.45) is 2.65. The van der Waals surface area contributed by atoms with Gasteiger partial charge >= 0.3 is 6.03 Å². The second kappa shape index (κ2) is 10.1. The summed E-state index contributed by atoms with van der Waals surface area (Å²) in [7, 11) is 0. The molecule has 0 bridgehead atoms. The first-order chi connectivity index (χ1) is 16.4. The summed E-state index contributed by atoms with van der Waals surface area (Å²) in [5.74, 6) is -2.21. The predicted octanol–water partition coefficient (Wildman–Crippen LogP) is 4.95. The summed E-state index contributed by atoms with van der Waals surface area (Å²) in [6, 6.07) is 14.5. The molecule has 34 heavy (non-hydrogen) atoms. The molecule has 178 valence electrons. The zero-order valence-electron chi connectivity index (χ0n) is 19.3. The number of hydrogen-bond donors (Lipinski definition) is 1. The molecule has 1 aliphatic heterocycles. The minimum Gasteiger partial charge on any atom is -0.348 e. The van der Waals surface area contributed by atoms with Gasteiger partial charge < -0.3 is 19.7 Å². The lowest BCUT2D eigenvalue weighted by molar-refractivity contribution is -0.134. The Morgan fingerprint density at radius 2 is 1.82 bits per heavy atom. The molecule has 0 saturated heterocycles. The zero-order chi connectivity index (χ0) is 24.2. The maximum Gasteiger partial charge on any atom is 0.322 e. The van der Waals surface area contributed by atoms with Gasteiger partial charge in [-0.15, -0.1) is 0 Å². The van der Waals surface area contributed by atoms with Gasteiger partial charge in [-0.05, 0) is 43.2 Å². The summed E-state index contributed by atoms with van der Waals surface area (Å²) in [5.41, 5.74) is 3.30. The Morgan fingerprint density at radius 1 is 1.06 bits per heavy atom. The normalized spacial score (nSPS) is 15.1. The van der Waals surface area contributed by atoms with Crippen molar-refractivity contribution < 1.29 is 18.4 Å². The number of anilines is 1. The van der Waals surface area contributed by atoms with Crippen LogP contribution in [-0.2, 0) is 11.3 Å². The molecule has 3 amide bonds. The molecule has 6 nitrogen and oxygen atoms in total. The Labute approximate surface area is 197 Å². The van der Waals surface area contributed by atoms with Crippen molar-refractivity contribution in [2.24, 2.45) is 0 Å². The highest BCUT2D eigenvalue weighted by molar-refractivity contribution is 5.92. The average Bonchev–Trinajstić information content (AvgIpc) is 3.30. The quantitative estimate of drug-likeness (QED) is 0.559. The van der Waals surface area contributed by atoms with Gasteiger partial charge in [0.05, 0.1) is 6.04 Å². The van der Waals surface area contributed by atoms with Crippen LogP contribution in [0.2, 0.25) is 0 Å². The topological polar surface area (TPSA) is 57.6 Å². The van der Waals surface area contributed by atoms with Crippen LogP contribution in [0.15, 0.2) is 60.8 Å². The van der Waals surface area contributed by atoms with E-state index in [1.807, 2.05) is 61.3 Å². The first kappa shape index (κ1) is 23.5. The van der Waals surface area contributed by atoms with E-state index in [9.17, 15) is 18.4 Å². The van der Waals surface area contributed by atoms with Gasteiger partial charge in [0.15, 0.2) is 11.6 Å². The standard InChI is InChI=1S/C26H28F2N4O2/c1-3-12-31(26(34)29-20-10-11-21(27)22(28)16-20)17-24(33)32-15-14-30-13-4-5-23(30)25(32)19-8-6-18(2)7-9-19/h4-11,13,16,25H,3,12,14-15,17H2,1-2H3,(H,29,34)/t25-/m1/s1. The second-order valence-corrected chi connectivity index (χ2v) is 8.51. The lowest BCUT2D eigenvalue weighted by Crippen LogP contribution is -2.48. The minimum atomic E-state index is -1.05. The zero-order valence-corrected chi connectivity index (χ0v) is 19.3. The summed E-state index contributed by atoms with van der Waals surface area (Å²) in [4.78, 5) is 29.6. The molecule has 0 spiro atoms. The monoisotopic (exact) mass is 466 g/mol. The van der Waals surface area contributed by atoms with Crippen LogP contribution in [0.25, 0.3) is 0 Å². The van der Waals surface area contributed by atoms with Gasteiger partial charge in [0.2, 0.25) is 5.91 Å². The number of amides is 3. The van der Waals surface area contributed by atoms with E-state index in [2.05, 4.69) is 9.88 Å². The van der Waals surface area contributed by atoms with Gasteiger partial charge in [-0.2, -0.15) is 0 Å². The molecule has 0 aliphatic carbocycles. The maximum absolute atomic E-state index is 13.6. The van der Waals surface area contributed by atoms with Gasteiger partial charge in [-0.1, -0.05) is 36.8 Å². The van der Waals surface area contributed by atoms with Gasteiger partial charge in [0.1, 0.15) is 6.54 Å². The van der Waals surface area contributed by atoms with Crippen molar-refractivity contribution in [1.29, 1.82) is 0 Å². The van der Waals surface area contributed by atoms with E-state index in [-0.39, 0.29) is 24.2 Å². The number of carbonyl (C=O) groups is 2. The largest absolute Gasteiger partial charge is 0.348 e. The lowest BCUT2D eigenvalue weighted by atomic mass is 9.98. The number of rotatable bonds is 6. The van der Waals surface area contributed by atoms with Crippen LogP contribution in [0.5, 0.6) is 0 Å².